The van der Waals surface area contributed by atoms with E-state index in [0.29, 0.717) is 16.0 Å². The molecule has 0 radical (unpaired) electrons. The van der Waals surface area contributed by atoms with Gasteiger partial charge in [-0.2, -0.15) is 5.10 Å². The summed E-state index contributed by atoms with van der Waals surface area (Å²) >= 11 is 5.38. The summed E-state index contributed by atoms with van der Waals surface area (Å²) in [7, 11) is 1.87. The number of aromatic nitrogens is 4. The molecule has 0 fully saturated rings. The summed E-state index contributed by atoms with van der Waals surface area (Å²) in [6, 6.07) is 5.11. The maximum absolute atomic E-state index is 13.8. The summed E-state index contributed by atoms with van der Waals surface area (Å²) in [5.41, 5.74) is 4.05. The van der Waals surface area contributed by atoms with Gasteiger partial charge in [0, 0.05) is 7.05 Å². The predicted octanol–water partition coefficient (Wildman–Crippen LogP) is 3.43. The minimum Gasteiger partial charge on any atom is -0.327 e. The van der Waals surface area contributed by atoms with Gasteiger partial charge in [-0.05, 0) is 43.3 Å². The zero-order valence-corrected chi connectivity index (χ0v) is 12.4. The summed E-state index contributed by atoms with van der Waals surface area (Å²) < 4.78 is 17.9. The van der Waals surface area contributed by atoms with Crippen molar-refractivity contribution in [1.29, 1.82) is 0 Å². The van der Waals surface area contributed by atoms with Gasteiger partial charge in [0.15, 0.2) is 10.4 Å². The van der Waals surface area contributed by atoms with Crippen LogP contribution in [0.15, 0.2) is 18.2 Å². The van der Waals surface area contributed by atoms with Crippen LogP contribution in [0.2, 0.25) is 0 Å². The van der Waals surface area contributed by atoms with Crippen LogP contribution in [0.5, 0.6) is 0 Å². The van der Waals surface area contributed by atoms with Gasteiger partial charge in [0.05, 0.1) is 11.4 Å². The van der Waals surface area contributed by atoms with Crippen LogP contribution in [0.25, 0.3) is 16.9 Å². The van der Waals surface area contributed by atoms with Crippen LogP contribution in [-0.2, 0) is 13.5 Å². The SMILES string of the molecule is CCc1nn(C)c2c1[nH]c(=S)n2-c1ccc(C)c(F)c1. The molecule has 20 heavy (non-hydrogen) atoms. The molecule has 2 aromatic heterocycles. The van der Waals surface area contributed by atoms with E-state index in [1.807, 2.05) is 24.6 Å². The number of nitrogens with one attached hydrogen (secondary N) is 1. The van der Waals surface area contributed by atoms with Crippen LogP contribution in [-0.4, -0.2) is 19.3 Å². The van der Waals surface area contributed by atoms with Gasteiger partial charge in [-0.3, -0.25) is 4.57 Å². The first-order chi connectivity index (χ1) is 9.52. The molecule has 0 saturated heterocycles. The Morgan fingerprint density at radius 3 is 2.80 bits per heavy atom. The highest BCUT2D eigenvalue weighted by Crippen LogP contribution is 2.23. The molecule has 2 heterocycles. The second-order valence-electron chi connectivity index (χ2n) is 4.82. The number of H-pyrrole nitrogens is 1. The Hall–Kier alpha value is -1.95. The molecular weight excluding hydrogens is 275 g/mol. The Bertz CT molecular complexity index is 856. The third kappa shape index (κ3) is 1.79. The Morgan fingerprint density at radius 2 is 2.15 bits per heavy atom. The molecule has 1 aromatic carbocycles. The molecule has 0 saturated carbocycles. The molecule has 0 bridgehead atoms. The molecule has 0 atom stereocenters. The Labute approximate surface area is 120 Å². The quantitative estimate of drug-likeness (QED) is 0.734. The smallest absolute Gasteiger partial charge is 0.184 e. The summed E-state index contributed by atoms with van der Waals surface area (Å²) in [6.45, 7) is 3.78. The number of rotatable bonds is 2. The molecule has 3 rings (SSSR count). The fourth-order valence-electron chi connectivity index (χ4n) is 2.42. The standard InChI is InChI=1S/C14H15FN4S/c1-4-11-12-13(18(3)17-11)19(14(20)16-12)9-6-5-8(2)10(15)7-9/h5-7H,4H2,1-3H3,(H,16,20). The van der Waals surface area contributed by atoms with Crippen molar-refractivity contribution in [2.45, 2.75) is 20.3 Å². The summed E-state index contributed by atoms with van der Waals surface area (Å²) in [6.07, 6.45) is 0.814. The van der Waals surface area contributed by atoms with E-state index in [2.05, 4.69) is 10.1 Å². The number of nitrogens with zero attached hydrogens (tertiary/aromatic N) is 3. The predicted molar refractivity (Wildman–Crippen MR) is 79.3 cm³/mol. The van der Waals surface area contributed by atoms with Crippen molar-refractivity contribution in [2.75, 3.05) is 0 Å². The van der Waals surface area contributed by atoms with Crippen molar-refractivity contribution < 1.29 is 4.39 Å². The highest BCUT2D eigenvalue weighted by molar-refractivity contribution is 7.71. The fraction of sp³-hybridized carbons (Fsp3) is 0.286. The molecular formula is C14H15FN4S. The Kier molecular flexibility index (Phi) is 2.97. The van der Waals surface area contributed by atoms with Gasteiger partial charge < -0.3 is 4.98 Å². The Morgan fingerprint density at radius 1 is 1.40 bits per heavy atom. The monoisotopic (exact) mass is 290 g/mol. The van der Waals surface area contributed by atoms with E-state index in [1.165, 1.54) is 6.07 Å². The summed E-state index contributed by atoms with van der Waals surface area (Å²) in [5.74, 6) is -0.239. The number of fused-ring (bicyclic) bond motifs is 1. The first-order valence-corrected chi connectivity index (χ1v) is 6.87. The zero-order chi connectivity index (χ0) is 14.4. The van der Waals surface area contributed by atoms with Gasteiger partial charge in [-0.1, -0.05) is 13.0 Å². The summed E-state index contributed by atoms with van der Waals surface area (Å²) in [5, 5.41) is 4.46. The van der Waals surface area contributed by atoms with Gasteiger partial charge in [0.2, 0.25) is 0 Å². The topological polar surface area (TPSA) is 38.5 Å². The molecule has 3 aromatic rings. The Balaban J connectivity index is 2.35. The minimum absolute atomic E-state index is 0.239. The van der Waals surface area contributed by atoms with E-state index < -0.39 is 0 Å². The first kappa shape index (κ1) is 13.1. The van der Waals surface area contributed by atoms with Gasteiger partial charge in [0.1, 0.15) is 11.3 Å². The third-order valence-corrected chi connectivity index (χ3v) is 3.77. The van der Waals surface area contributed by atoms with Crippen LogP contribution in [0.1, 0.15) is 18.2 Å². The average molecular weight is 290 g/mol. The number of hydrogen-bond acceptors (Lipinski definition) is 2. The number of aromatic amines is 1. The van der Waals surface area contributed by atoms with Crippen LogP contribution in [0.3, 0.4) is 0 Å². The minimum atomic E-state index is -0.239. The normalized spacial score (nSPS) is 11.4. The van der Waals surface area contributed by atoms with Gasteiger partial charge in [-0.15, -0.1) is 0 Å². The lowest BCUT2D eigenvalue weighted by molar-refractivity contribution is 0.617. The molecule has 0 aliphatic carbocycles. The number of benzene rings is 1. The van der Waals surface area contributed by atoms with Gasteiger partial charge in [-0.25, -0.2) is 9.07 Å². The van der Waals surface area contributed by atoms with Crippen molar-refractivity contribution in [3.8, 4) is 5.69 Å². The fourth-order valence-corrected chi connectivity index (χ4v) is 2.71. The highest BCUT2D eigenvalue weighted by atomic mass is 32.1. The second-order valence-corrected chi connectivity index (χ2v) is 5.21. The van der Waals surface area contributed by atoms with Crippen LogP contribution >= 0.6 is 12.2 Å². The number of halogens is 1. The number of imidazole rings is 1. The molecule has 0 unspecified atom stereocenters. The van der Waals surface area contributed by atoms with E-state index in [4.69, 9.17) is 12.2 Å². The zero-order valence-electron chi connectivity index (χ0n) is 11.6. The highest BCUT2D eigenvalue weighted by Gasteiger charge is 2.15. The number of hydrogen-bond donors (Lipinski definition) is 1. The molecule has 0 amide bonds. The average Bonchev–Trinajstić information content (AvgIpc) is 2.90. The lowest BCUT2D eigenvalue weighted by atomic mass is 10.2. The molecule has 1 N–H and O–H groups in total. The maximum atomic E-state index is 13.8. The largest absolute Gasteiger partial charge is 0.327 e. The molecule has 6 heteroatoms. The molecule has 0 aliphatic heterocycles. The molecule has 4 nitrogen and oxygen atoms in total. The summed E-state index contributed by atoms with van der Waals surface area (Å²) in [4.78, 5) is 3.17. The third-order valence-electron chi connectivity index (χ3n) is 3.48. The number of aryl methyl sites for hydroxylation is 3. The van der Waals surface area contributed by atoms with Crippen LogP contribution in [0.4, 0.5) is 4.39 Å². The van der Waals surface area contributed by atoms with Crippen LogP contribution < -0.4 is 0 Å². The van der Waals surface area contributed by atoms with E-state index >= 15 is 0 Å². The van der Waals surface area contributed by atoms with Crippen molar-refractivity contribution in [3.05, 3.63) is 40.0 Å². The second kappa shape index (κ2) is 4.56. The van der Waals surface area contributed by atoms with E-state index in [1.54, 1.807) is 17.7 Å². The van der Waals surface area contributed by atoms with E-state index in [0.717, 1.165) is 23.3 Å². The van der Waals surface area contributed by atoms with Gasteiger partial charge >= 0.3 is 0 Å². The van der Waals surface area contributed by atoms with Crippen molar-refractivity contribution in [2.24, 2.45) is 7.05 Å². The van der Waals surface area contributed by atoms with Crippen molar-refractivity contribution in [1.82, 2.24) is 19.3 Å². The lowest BCUT2D eigenvalue weighted by Gasteiger charge is -2.06. The van der Waals surface area contributed by atoms with Crippen molar-refractivity contribution >= 4 is 23.4 Å². The molecule has 0 aliphatic rings. The molecule has 104 valence electrons. The van der Waals surface area contributed by atoms with Crippen LogP contribution in [0, 0.1) is 17.5 Å². The van der Waals surface area contributed by atoms with Gasteiger partial charge in [0.25, 0.3) is 0 Å². The van der Waals surface area contributed by atoms with Crippen molar-refractivity contribution in [3.63, 3.8) is 0 Å². The first-order valence-electron chi connectivity index (χ1n) is 6.46. The van der Waals surface area contributed by atoms with E-state index in [-0.39, 0.29) is 5.82 Å². The molecule has 0 spiro atoms. The maximum Gasteiger partial charge on any atom is 0.184 e. The lowest BCUT2D eigenvalue weighted by Crippen LogP contribution is -2.01. The van der Waals surface area contributed by atoms with E-state index in [9.17, 15) is 4.39 Å².